The SMILES string of the molecule is CCOC(=O)[C@H]1CCCN(C(=O)Cc2cccc(N(Cc3ccc(F)cc3)C(=O)c3ccccc3C)c2)C1. The lowest BCUT2D eigenvalue weighted by molar-refractivity contribution is -0.151. The molecule has 1 aliphatic heterocycles. The number of carbonyl (C=O) groups is 3. The van der Waals surface area contributed by atoms with Crippen molar-refractivity contribution in [3.63, 3.8) is 0 Å². The van der Waals surface area contributed by atoms with Gasteiger partial charge in [0.1, 0.15) is 5.82 Å². The lowest BCUT2D eigenvalue weighted by Gasteiger charge is -2.31. The number of hydrogen-bond donors (Lipinski definition) is 0. The number of anilines is 1. The molecule has 1 saturated heterocycles. The molecule has 0 aromatic heterocycles. The minimum atomic E-state index is -0.339. The molecular formula is C31H33FN2O4. The second-order valence-electron chi connectivity index (χ2n) is 9.61. The Kier molecular flexibility index (Phi) is 8.89. The number of hydrogen-bond acceptors (Lipinski definition) is 4. The predicted molar refractivity (Wildman–Crippen MR) is 144 cm³/mol. The molecule has 3 aromatic carbocycles. The van der Waals surface area contributed by atoms with Crippen LogP contribution in [0, 0.1) is 18.7 Å². The highest BCUT2D eigenvalue weighted by Crippen LogP contribution is 2.25. The number of carbonyl (C=O) groups excluding carboxylic acids is 3. The quantitative estimate of drug-likeness (QED) is 0.380. The van der Waals surface area contributed by atoms with Gasteiger partial charge in [0.25, 0.3) is 5.91 Å². The van der Waals surface area contributed by atoms with E-state index in [1.54, 1.807) is 34.9 Å². The molecule has 0 radical (unpaired) electrons. The molecule has 2 amide bonds. The fraction of sp³-hybridized carbons (Fsp3) is 0.323. The van der Waals surface area contributed by atoms with E-state index >= 15 is 0 Å². The molecule has 1 atom stereocenters. The zero-order chi connectivity index (χ0) is 27.1. The molecule has 0 bridgehead atoms. The fourth-order valence-electron chi connectivity index (χ4n) is 4.79. The van der Waals surface area contributed by atoms with Gasteiger partial charge in [-0.2, -0.15) is 0 Å². The number of ether oxygens (including phenoxy) is 1. The average Bonchev–Trinajstić information content (AvgIpc) is 2.93. The van der Waals surface area contributed by atoms with Crippen molar-refractivity contribution in [2.24, 2.45) is 5.92 Å². The summed E-state index contributed by atoms with van der Waals surface area (Å²) < 4.78 is 18.7. The van der Waals surface area contributed by atoms with Crippen molar-refractivity contribution in [1.82, 2.24) is 4.90 Å². The number of nitrogens with zero attached hydrogens (tertiary/aromatic N) is 2. The summed E-state index contributed by atoms with van der Waals surface area (Å²) in [6.07, 6.45) is 1.63. The van der Waals surface area contributed by atoms with Gasteiger partial charge in [0.05, 0.1) is 25.5 Å². The normalized spacial score (nSPS) is 15.1. The van der Waals surface area contributed by atoms with Crippen molar-refractivity contribution in [1.29, 1.82) is 0 Å². The van der Waals surface area contributed by atoms with Gasteiger partial charge in [-0.15, -0.1) is 0 Å². The summed E-state index contributed by atoms with van der Waals surface area (Å²) in [7, 11) is 0. The van der Waals surface area contributed by atoms with Crippen LogP contribution < -0.4 is 4.90 Å². The molecule has 6 nitrogen and oxygen atoms in total. The van der Waals surface area contributed by atoms with Gasteiger partial charge < -0.3 is 14.5 Å². The Morgan fingerprint density at radius 3 is 2.50 bits per heavy atom. The molecule has 1 aliphatic rings. The van der Waals surface area contributed by atoms with Crippen molar-refractivity contribution >= 4 is 23.5 Å². The lowest BCUT2D eigenvalue weighted by Crippen LogP contribution is -2.43. The van der Waals surface area contributed by atoms with E-state index in [0.717, 1.165) is 29.5 Å². The molecule has 0 saturated carbocycles. The Morgan fingerprint density at radius 2 is 1.76 bits per heavy atom. The van der Waals surface area contributed by atoms with Gasteiger partial charge in [0.2, 0.25) is 5.91 Å². The number of aryl methyl sites for hydroxylation is 1. The van der Waals surface area contributed by atoms with E-state index < -0.39 is 0 Å². The number of halogens is 1. The summed E-state index contributed by atoms with van der Waals surface area (Å²) in [5, 5.41) is 0. The van der Waals surface area contributed by atoms with Crippen LogP contribution in [0.5, 0.6) is 0 Å². The third-order valence-corrected chi connectivity index (χ3v) is 6.85. The van der Waals surface area contributed by atoms with Crippen LogP contribution in [0.2, 0.25) is 0 Å². The number of rotatable bonds is 8. The molecule has 3 aromatic rings. The maximum Gasteiger partial charge on any atom is 0.310 e. The molecule has 0 unspecified atom stereocenters. The summed E-state index contributed by atoms with van der Waals surface area (Å²) >= 11 is 0. The van der Waals surface area contributed by atoms with Crippen LogP contribution >= 0.6 is 0 Å². The molecule has 1 fully saturated rings. The maximum atomic E-state index is 13.7. The lowest BCUT2D eigenvalue weighted by atomic mass is 9.97. The Hall–Kier alpha value is -4.00. The van der Waals surface area contributed by atoms with E-state index in [-0.39, 0.29) is 42.5 Å². The number of piperidine rings is 1. The smallest absolute Gasteiger partial charge is 0.310 e. The number of esters is 1. The van der Waals surface area contributed by atoms with Gasteiger partial charge in [-0.1, -0.05) is 42.5 Å². The molecule has 4 rings (SSSR count). The maximum absolute atomic E-state index is 13.7. The van der Waals surface area contributed by atoms with Crippen molar-refractivity contribution in [3.05, 3.63) is 101 Å². The zero-order valence-corrected chi connectivity index (χ0v) is 21.9. The molecule has 38 heavy (non-hydrogen) atoms. The fourth-order valence-corrected chi connectivity index (χ4v) is 4.79. The molecular weight excluding hydrogens is 483 g/mol. The van der Waals surface area contributed by atoms with E-state index in [9.17, 15) is 18.8 Å². The summed E-state index contributed by atoms with van der Waals surface area (Å²) in [6.45, 7) is 5.21. The van der Waals surface area contributed by atoms with Crippen molar-refractivity contribution in [2.75, 3.05) is 24.6 Å². The molecule has 1 heterocycles. The van der Waals surface area contributed by atoms with Crippen LogP contribution in [0.1, 0.15) is 46.8 Å². The predicted octanol–water partition coefficient (Wildman–Crippen LogP) is 5.33. The summed E-state index contributed by atoms with van der Waals surface area (Å²) in [5.74, 6) is -1.13. The van der Waals surface area contributed by atoms with E-state index in [4.69, 9.17) is 4.74 Å². The number of benzene rings is 3. The first-order valence-corrected chi connectivity index (χ1v) is 13.0. The zero-order valence-electron chi connectivity index (χ0n) is 21.9. The highest BCUT2D eigenvalue weighted by molar-refractivity contribution is 6.07. The molecule has 198 valence electrons. The highest BCUT2D eigenvalue weighted by Gasteiger charge is 2.29. The first-order valence-electron chi connectivity index (χ1n) is 13.0. The van der Waals surface area contributed by atoms with Crippen molar-refractivity contribution < 1.29 is 23.5 Å². The minimum absolute atomic E-state index is 0.0635. The van der Waals surface area contributed by atoms with Crippen LogP contribution in [0.25, 0.3) is 0 Å². The topological polar surface area (TPSA) is 66.9 Å². The highest BCUT2D eigenvalue weighted by atomic mass is 19.1. The first-order chi connectivity index (χ1) is 18.4. The van der Waals surface area contributed by atoms with E-state index in [1.807, 2.05) is 49.4 Å². The molecule has 0 N–H and O–H groups in total. The monoisotopic (exact) mass is 516 g/mol. The van der Waals surface area contributed by atoms with Gasteiger partial charge in [0.15, 0.2) is 0 Å². The number of likely N-dealkylation sites (tertiary alicyclic amines) is 1. The van der Waals surface area contributed by atoms with Crippen LogP contribution in [0.15, 0.2) is 72.8 Å². The Balaban J connectivity index is 1.56. The van der Waals surface area contributed by atoms with Crippen LogP contribution in [-0.2, 0) is 27.3 Å². The largest absolute Gasteiger partial charge is 0.466 e. The molecule has 7 heteroatoms. The molecule has 0 spiro atoms. The molecule has 0 aliphatic carbocycles. The van der Waals surface area contributed by atoms with Crippen LogP contribution in [0.4, 0.5) is 10.1 Å². The first kappa shape index (κ1) is 27.0. The summed E-state index contributed by atoms with van der Waals surface area (Å²) in [6, 6.07) is 20.9. The summed E-state index contributed by atoms with van der Waals surface area (Å²) in [5.41, 5.74) is 3.64. The average molecular weight is 517 g/mol. The minimum Gasteiger partial charge on any atom is -0.466 e. The van der Waals surface area contributed by atoms with Gasteiger partial charge >= 0.3 is 5.97 Å². The Labute approximate surface area is 223 Å². The number of amides is 2. The third kappa shape index (κ3) is 6.65. The van der Waals surface area contributed by atoms with Crippen molar-refractivity contribution in [2.45, 2.75) is 39.7 Å². The standard InChI is InChI=1S/C31H33FN2O4/c1-3-38-31(37)25-10-7-17-33(21-25)29(35)19-24-9-6-11-27(18-24)34(20-23-13-15-26(32)16-14-23)30(36)28-12-5-4-8-22(28)2/h4-6,8-9,11-16,18,25H,3,7,10,17,19-21H2,1-2H3/t25-/m0/s1. The van der Waals surface area contributed by atoms with Crippen molar-refractivity contribution in [3.8, 4) is 0 Å². The van der Waals surface area contributed by atoms with Gasteiger partial charge in [0, 0.05) is 24.3 Å². The van der Waals surface area contributed by atoms with E-state index in [0.29, 0.717) is 30.9 Å². The van der Waals surface area contributed by atoms with Gasteiger partial charge in [-0.25, -0.2) is 4.39 Å². The van der Waals surface area contributed by atoms with Gasteiger partial charge in [-0.05, 0) is 73.7 Å². The second kappa shape index (κ2) is 12.5. The Bertz CT molecular complexity index is 1290. The van der Waals surface area contributed by atoms with E-state index in [1.165, 1.54) is 12.1 Å². The van der Waals surface area contributed by atoms with Crippen LogP contribution in [0.3, 0.4) is 0 Å². The Morgan fingerprint density at radius 1 is 1.00 bits per heavy atom. The van der Waals surface area contributed by atoms with Gasteiger partial charge in [-0.3, -0.25) is 14.4 Å². The van der Waals surface area contributed by atoms with E-state index in [2.05, 4.69) is 0 Å². The van der Waals surface area contributed by atoms with Crippen LogP contribution in [-0.4, -0.2) is 42.4 Å². The third-order valence-electron chi connectivity index (χ3n) is 6.85. The second-order valence-corrected chi connectivity index (χ2v) is 9.61. The summed E-state index contributed by atoms with van der Waals surface area (Å²) in [4.78, 5) is 42.4.